The van der Waals surface area contributed by atoms with Crippen LogP contribution in [0, 0.1) is 11.6 Å². The lowest BCUT2D eigenvalue weighted by Gasteiger charge is -2.12. The Morgan fingerprint density at radius 3 is 2.80 bits per heavy atom. The highest BCUT2D eigenvalue weighted by molar-refractivity contribution is 5.91. The van der Waals surface area contributed by atoms with E-state index >= 15 is 0 Å². The third-order valence-electron chi connectivity index (χ3n) is 2.71. The molecule has 0 bridgehead atoms. The van der Waals surface area contributed by atoms with Crippen molar-refractivity contribution in [3.8, 4) is 0 Å². The van der Waals surface area contributed by atoms with Crippen molar-refractivity contribution >= 4 is 5.91 Å². The van der Waals surface area contributed by atoms with Crippen molar-refractivity contribution in [2.45, 2.75) is 12.5 Å². The Balaban J connectivity index is 1.86. The van der Waals surface area contributed by atoms with Gasteiger partial charge in [0, 0.05) is 19.0 Å². The molecule has 6 heteroatoms. The Hall–Kier alpha value is -2.21. The number of aliphatic hydroxyl groups is 1. The topological polar surface area (TPSA) is 62.5 Å². The molecule has 1 atom stereocenters. The molecule has 4 nitrogen and oxygen atoms in total. The lowest BCUT2D eigenvalue weighted by molar-refractivity contribution is 0.0888. The van der Waals surface area contributed by atoms with Crippen molar-refractivity contribution in [2.75, 3.05) is 6.54 Å². The van der Waals surface area contributed by atoms with E-state index in [1.165, 1.54) is 18.4 Å². The van der Waals surface area contributed by atoms with E-state index in [0.29, 0.717) is 0 Å². The minimum Gasteiger partial charge on any atom is -0.459 e. The normalized spacial score (nSPS) is 12.2. The standard InChI is InChI=1S/C14H13F2NO3/c15-10-4-3-9(12(16)7-10)6-11(18)8-17-14(19)13-2-1-5-20-13/h1-5,7,11,18H,6,8H2,(H,17,19)/t11-/m0/s1. The first kappa shape index (κ1) is 14.2. The summed E-state index contributed by atoms with van der Waals surface area (Å²) in [6.07, 6.45) is 0.359. The first-order valence-corrected chi connectivity index (χ1v) is 6.00. The number of halogens is 2. The Bertz CT molecular complexity index is 584. The van der Waals surface area contributed by atoms with Crippen LogP contribution in [0.15, 0.2) is 41.0 Å². The first-order valence-electron chi connectivity index (χ1n) is 6.00. The number of furan rings is 1. The highest BCUT2D eigenvalue weighted by atomic mass is 19.1. The van der Waals surface area contributed by atoms with Crippen LogP contribution in [0.25, 0.3) is 0 Å². The fourth-order valence-corrected chi connectivity index (χ4v) is 1.72. The number of hydrogen-bond acceptors (Lipinski definition) is 3. The maximum atomic E-state index is 13.4. The predicted octanol–water partition coefficient (Wildman–Crippen LogP) is 1.89. The summed E-state index contributed by atoms with van der Waals surface area (Å²) in [5, 5.41) is 12.2. The minimum absolute atomic E-state index is 0.0233. The van der Waals surface area contributed by atoms with Gasteiger partial charge in [0.1, 0.15) is 11.6 Å². The van der Waals surface area contributed by atoms with Crippen molar-refractivity contribution in [2.24, 2.45) is 0 Å². The molecule has 1 aromatic heterocycles. The number of aliphatic hydroxyl groups excluding tert-OH is 1. The number of amides is 1. The molecule has 2 rings (SSSR count). The lowest BCUT2D eigenvalue weighted by atomic mass is 10.1. The lowest BCUT2D eigenvalue weighted by Crippen LogP contribution is -2.33. The Kier molecular flexibility index (Phi) is 4.47. The zero-order valence-corrected chi connectivity index (χ0v) is 10.5. The molecule has 0 aliphatic rings. The van der Waals surface area contributed by atoms with Crippen LogP contribution in [0.1, 0.15) is 16.1 Å². The molecule has 2 N–H and O–H groups in total. The Morgan fingerprint density at radius 2 is 2.15 bits per heavy atom. The number of hydrogen-bond donors (Lipinski definition) is 2. The molecule has 1 amide bonds. The average molecular weight is 281 g/mol. The van der Waals surface area contributed by atoms with Crippen molar-refractivity contribution in [1.29, 1.82) is 0 Å². The maximum Gasteiger partial charge on any atom is 0.287 e. The second-order valence-corrected chi connectivity index (χ2v) is 4.28. The van der Waals surface area contributed by atoms with Gasteiger partial charge < -0.3 is 14.8 Å². The van der Waals surface area contributed by atoms with Gasteiger partial charge in [0.15, 0.2) is 5.76 Å². The van der Waals surface area contributed by atoms with Gasteiger partial charge in [0.2, 0.25) is 0 Å². The van der Waals surface area contributed by atoms with E-state index in [1.807, 2.05) is 0 Å². The molecule has 0 saturated carbocycles. The zero-order valence-electron chi connectivity index (χ0n) is 10.5. The molecular weight excluding hydrogens is 268 g/mol. The number of rotatable bonds is 5. The van der Waals surface area contributed by atoms with Crippen molar-refractivity contribution in [3.05, 3.63) is 59.6 Å². The maximum absolute atomic E-state index is 13.4. The van der Waals surface area contributed by atoms with Gasteiger partial charge in [-0.15, -0.1) is 0 Å². The summed E-state index contributed by atoms with van der Waals surface area (Å²) in [6.45, 7) is -0.0592. The molecule has 20 heavy (non-hydrogen) atoms. The van der Waals surface area contributed by atoms with E-state index in [-0.39, 0.29) is 24.3 Å². The van der Waals surface area contributed by atoms with Crippen molar-refractivity contribution in [3.63, 3.8) is 0 Å². The van der Waals surface area contributed by atoms with Gasteiger partial charge in [-0.3, -0.25) is 4.79 Å². The van der Waals surface area contributed by atoms with Gasteiger partial charge in [-0.2, -0.15) is 0 Å². The SMILES string of the molecule is O=C(NC[C@@H](O)Cc1ccc(F)cc1F)c1ccco1. The van der Waals surface area contributed by atoms with Crippen LogP contribution < -0.4 is 5.32 Å². The largest absolute Gasteiger partial charge is 0.459 e. The Labute approximate surface area is 114 Å². The van der Waals surface area contributed by atoms with Crippen LogP contribution >= 0.6 is 0 Å². The van der Waals surface area contributed by atoms with Crippen molar-refractivity contribution < 1.29 is 23.1 Å². The molecule has 0 unspecified atom stereocenters. The van der Waals surface area contributed by atoms with Gasteiger partial charge in [-0.25, -0.2) is 8.78 Å². The van der Waals surface area contributed by atoms with E-state index in [9.17, 15) is 18.7 Å². The number of carbonyl (C=O) groups is 1. The molecule has 0 aliphatic carbocycles. The second-order valence-electron chi connectivity index (χ2n) is 4.28. The third kappa shape index (κ3) is 3.64. The molecule has 2 aromatic rings. The molecule has 0 spiro atoms. The minimum atomic E-state index is -0.978. The van der Waals surface area contributed by atoms with Gasteiger partial charge in [-0.05, 0) is 23.8 Å². The van der Waals surface area contributed by atoms with E-state index in [1.54, 1.807) is 6.07 Å². The molecular formula is C14H13F2NO3. The summed E-state index contributed by atoms with van der Waals surface area (Å²) in [4.78, 5) is 11.5. The van der Waals surface area contributed by atoms with Crippen LogP contribution in [0.5, 0.6) is 0 Å². The average Bonchev–Trinajstić information content (AvgIpc) is 2.93. The smallest absolute Gasteiger partial charge is 0.287 e. The number of benzene rings is 1. The molecule has 1 aromatic carbocycles. The third-order valence-corrected chi connectivity index (χ3v) is 2.71. The zero-order chi connectivity index (χ0) is 14.5. The molecule has 106 valence electrons. The van der Waals surface area contributed by atoms with E-state index in [0.717, 1.165) is 12.1 Å². The van der Waals surface area contributed by atoms with Crippen LogP contribution in [0.2, 0.25) is 0 Å². The van der Waals surface area contributed by atoms with Gasteiger partial charge in [-0.1, -0.05) is 6.07 Å². The molecule has 1 heterocycles. The molecule has 0 saturated heterocycles. The van der Waals surface area contributed by atoms with E-state index in [4.69, 9.17) is 4.42 Å². The highest BCUT2D eigenvalue weighted by Gasteiger charge is 2.13. The highest BCUT2D eigenvalue weighted by Crippen LogP contribution is 2.11. The van der Waals surface area contributed by atoms with Crippen LogP contribution in [-0.2, 0) is 6.42 Å². The van der Waals surface area contributed by atoms with Crippen molar-refractivity contribution in [1.82, 2.24) is 5.32 Å². The fourth-order valence-electron chi connectivity index (χ4n) is 1.72. The predicted molar refractivity (Wildman–Crippen MR) is 67.1 cm³/mol. The summed E-state index contributed by atoms with van der Waals surface area (Å²) < 4.78 is 31.0. The van der Waals surface area contributed by atoms with Crippen LogP contribution in [0.4, 0.5) is 8.78 Å². The molecule has 0 radical (unpaired) electrons. The van der Waals surface area contributed by atoms with E-state index in [2.05, 4.69) is 5.32 Å². The number of carbonyl (C=O) groups excluding carboxylic acids is 1. The summed E-state index contributed by atoms with van der Waals surface area (Å²) in [5.74, 6) is -1.73. The van der Waals surface area contributed by atoms with E-state index < -0.39 is 23.6 Å². The van der Waals surface area contributed by atoms with Gasteiger partial charge >= 0.3 is 0 Å². The summed E-state index contributed by atoms with van der Waals surface area (Å²) in [7, 11) is 0. The first-order chi connectivity index (χ1) is 9.56. The monoisotopic (exact) mass is 281 g/mol. The molecule has 0 aliphatic heterocycles. The Morgan fingerprint density at radius 1 is 1.35 bits per heavy atom. The quantitative estimate of drug-likeness (QED) is 0.879. The van der Waals surface area contributed by atoms with Crippen LogP contribution in [-0.4, -0.2) is 23.7 Å². The fraction of sp³-hybridized carbons (Fsp3) is 0.214. The number of nitrogens with one attached hydrogen (secondary N) is 1. The van der Waals surface area contributed by atoms with Gasteiger partial charge in [0.05, 0.1) is 12.4 Å². The summed E-state index contributed by atoms with van der Waals surface area (Å²) in [5.41, 5.74) is 0.186. The van der Waals surface area contributed by atoms with Crippen LogP contribution in [0.3, 0.4) is 0 Å². The second kappa shape index (κ2) is 6.29. The summed E-state index contributed by atoms with van der Waals surface area (Å²) >= 11 is 0. The van der Waals surface area contributed by atoms with Gasteiger partial charge in [0.25, 0.3) is 5.91 Å². The molecule has 0 fully saturated rings. The summed E-state index contributed by atoms with van der Waals surface area (Å²) in [6, 6.07) is 6.19.